The van der Waals surface area contributed by atoms with E-state index < -0.39 is 11.7 Å². The average molecular weight is 529 g/mol. The monoisotopic (exact) mass is 528 g/mol. The SMILES string of the molecule is CN1CC2CN(Cc3ccc(F)cc3)CC(C1)N2C(=O)/C=C/c1ccc(Cl)cc1NC(=O)OC(C)(C)C. The molecule has 2 bridgehead atoms. The Hall–Kier alpha value is -2.94. The number of carbonyl (C=O) groups is 2. The lowest BCUT2D eigenvalue weighted by Gasteiger charge is -2.52. The molecule has 0 radical (unpaired) electrons. The summed E-state index contributed by atoms with van der Waals surface area (Å²) in [5, 5.41) is 3.19. The number of carbonyl (C=O) groups excluding carboxylic acids is 2. The van der Waals surface area contributed by atoms with Gasteiger partial charge in [0, 0.05) is 43.8 Å². The normalized spacial score (nSPS) is 20.8. The molecule has 0 spiro atoms. The lowest BCUT2D eigenvalue weighted by atomic mass is 9.99. The number of benzene rings is 2. The molecule has 9 heteroatoms. The molecule has 2 fully saturated rings. The Balaban J connectivity index is 1.46. The Morgan fingerprint density at radius 2 is 1.73 bits per heavy atom. The van der Waals surface area contributed by atoms with Gasteiger partial charge in [-0.05, 0) is 69.3 Å². The van der Waals surface area contributed by atoms with Crippen LogP contribution in [0.3, 0.4) is 0 Å². The van der Waals surface area contributed by atoms with Crippen LogP contribution in [0.25, 0.3) is 6.08 Å². The highest BCUT2D eigenvalue weighted by atomic mass is 35.5. The van der Waals surface area contributed by atoms with Gasteiger partial charge in [-0.15, -0.1) is 0 Å². The first-order chi connectivity index (χ1) is 17.5. The van der Waals surface area contributed by atoms with Crippen molar-refractivity contribution in [2.75, 3.05) is 38.5 Å². The Labute approximate surface area is 222 Å². The molecule has 0 saturated carbocycles. The number of amides is 2. The maximum atomic E-state index is 13.4. The lowest BCUT2D eigenvalue weighted by molar-refractivity contribution is -0.140. The molecule has 7 nitrogen and oxygen atoms in total. The number of hydrogen-bond acceptors (Lipinski definition) is 5. The predicted octanol–water partition coefficient (Wildman–Crippen LogP) is 4.87. The predicted molar refractivity (Wildman–Crippen MR) is 144 cm³/mol. The molecular formula is C28H34ClFN4O3. The van der Waals surface area contributed by atoms with Crippen molar-refractivity contribution in [1.29, 1.82) is 0 Å². The number of nitrogens with one attached hydrogen (secondary N) is 1. The van der Waals surface area contributed by atoms with Crippen molar-refractivity contribution < 1.29 is 18.7 Å². The minimum absolute atomic E-state index is 0.0414. The number of fused-ring (bicyclic) bond motifs is 2. The third-order valence-electron chi connectivity index (χ3n) is 6.40. The van der Waals surface area contributed by atoms with Crippen LogP contribution in [0.4, 0.5) is 14.9 Å². The third kappa shape index (κ3) is 7.31. The highest BCUT2D eigenvalue weighted by Crippen LogP contribution is 2.26. The van der Waals surface area contributed by atoms with Crippen molar-refractivity contribution in [2.24, 2.45) is 0 Å². The quantitative estimate of drug-likeness (QED) is 0.561. The number of nitrogens with zero attached hydrogens (tertiary/aromatic N) is 3. The molecule has 0 aromatic heterocycles. The van der Waals surface area contributed by atoms with Crippen LogP contribution in [-0.4, -0.2) is 77.6 Å². The van der Waals surface area contributed by atoms with Crippen LogP contribution in [0.2, 0.25) is 5.02 Å². The molecule has 2 unspecified atom stereocenters. The fourth-order valence-corrected chi connectivity index (χ4v) is 5.18. The summed E-state index contributed by atoms with van der Waals surface area (Å²) in [6, 6.07) is 11.8. The molecule has 4 rings (SSSR count). The first-order valence-corrected chi connectivity index (χ1v) is 12.8. The van der Waals surface area contributed by atoms with Crippen LogP contribution in [-0.2, 0) is 16.1 Å². The fourth-order valence-electron chi connectivity index (χ4n) is 5.01. The number of halogens is 2. The highest BCUT2D eigenvalue weighted by molar-refractivity contribution is 6.31. The lowest BCUT2D eigenvalue weighted by Crippen LogP contribution is -2.68. The van der Waals surface area contributed by atoms with Gasteiger partial charge in [0.05, 0.1) is 17.8 Å². The van der Waals surface area contributed by atoms with E-state index in [1.807, 2.05) is 17.0 Å². The zero-order valence-electron chi connectivity index (χ0n) is 21.7. The number of likely N-dealkylation sites (N-methyl/N-ethyl adjacent to an activating group) is 1. The Morgan fingerprint density at radius 3 is 2.35 bits per heavy atom. The Bertz CT molecular complexity index is 1150. The number of anilines is 1. The summed E-state index contributed by atoms with van der Waals surface area (Å²) in [4.78, 5) is 32.3. The first kappa shape index (κ1) is 27.1. The smallest absolute Gasteiger partial charge is 0.412 e. The largest absolute Gasteiger partial charge is 0.444 e. The second-order valence-electron chi connectivity index (χ2n) is 10.8. The van der Waals surface area contributed by atoms with Crippen LogP contribution in [0.15, 0.2) is 48.5 Å². The summed E-state index contributed by atoms with van der Waals surface area (Å²) in [5.41, 5.74) is 1.54. The van der Waals surface area contributed by atoms with Gasteiger partial charge in [0.1, 0.15) is 11.4 Å². The van der Waals surface area contributed by atoms with Crippen LogP contribution in [0.5, 0.6) is 0 Å². The Morgan fingerprint density at radius 1 is 1.08 bits per heavy atom. The van der Waals surface area contributed by atoms with E-state index in [1.165, 1.54) is 12.1 Å². The van der Waals surface area contributed by atoms with Gasteiger partial charge in [-0.2, -0.15) is 0 Å². The zero-order valence-corrected chi connectivity index (χ0v) is 22.5. The number of piperazine rings is 2. The molecule has 2 aromatic carbocycles. The van der Waals surface area contributed by atoms with Crippen molar-refractivity contribution >= 4 is 35.4 Å². The molecule has 2 aliphatic rings. The topological polar surface area (TPSA) is 65.1 Å². The van der Waals surface area contributed by atoms with Crippen LogP contribution >= 0.6 is 11.6 Å². The molecule has 2 aliphatic heterocycles. The summed E-state index contributed by atoms with van der Waals surface area (Å²) < 4.78 is 18.7. The van der Waals surface area contributed by atoms with Gasteiger partial charge in [-0.1, -0.05) is 29.8 Å². The van der Waals surface area contributed by atoms with E-state index in [4.69, 9.17) is 16.3 Å². The second kappa shape index (κ2) is 11.2. The molecule has 198 valence electrons. The van der Waals surface area contributed by atoms with Crippen molar-refractivity contribution in [3.8, 4) is 0 Å². The number of ether oxygens (including phenoxy) is 1. The number of rotatable bonds is 5. The molecule has 2 heterocycles. The zero-order chi connectivity index (χ0) is 26.7. The number of hydrogen-bond donors (Lipinski definition) is 1. The summed E-state index contributed by atoms with van der Waals surface area (Å²) in [6.07, 6.45) is 2.67. The van der Waals surface area contributed by atoms with Gasteiger partial charge in [-0.3, -0.25) is 15.0 Å². The van der Waals surface area contributed by atoms with Crippen molar-refractivity contribution in [3.63, 3.8) is 0 Å². The van der Waals surface area contributed by atoms with Gasteiger partial charge < -0.3 is 14.5 Å². The summed E-state index contributed by atoms with van der Waals surface area (Å²) in [7, 11) is 2.08. The van der Waals surface area contributed by atoms with Gasteiger partial charge in [0.2, 0.25) is 5.91 Å². The van der Waals surface area contributed by atoms with Gasteiger partial charge >= 0.3 is 6.09 Å². The summed E-state index contributed by atoms with van der Waals surface area (Å²) in [5.74, 6) is -0.308. The summed E-state index contributed by atoms with van der Waals surface area (Å²) >= 11 is 6.16. The van der Waals surface area contributed by atoms with Crippen LogP contribution < -0.4 is 5.32 Å². The van der Waals surface area contributed by atoms with E-state index in [1.54, 1.807) is 51.1 Å². The maximum absolute atomic E-state index is 13.4. The van der Waals surface area contributed by atoms with Gasteiger partial charge in [0.25, 0.3) is 0 Å². The van der Waals surface area contributed by atoms with Crippen molar-refractivity contribution in [3.05, 3.63) is 70.5 Å². The summed E-state index contributed by atoms with van der Waals surface area (Å²) in [6.45, 7) is 9.13. The average Bonchev–Trinajstić information content (AvgIpc) is 2.78. The molecule has 2 atom stereocenters. The van der Waals surface area contributed by atoms with Crippen LogP contribution in [0.1, 0.15) is 31.9 Å². The minimum Gasteiger partial charge on any atom is -0.444 e. The van der Waals surface area contributed by atoms with Crippen LogP contribution in [0, 0.1) is 5.82 Å². The maximum Gasteiger partial charge on any atom is 0.412 e. The van der Waals surface area contributed by atoms with E-state index in [0.717, 1.165) is 38.3 Å². The van der Waals surface area contributed by atoms with Gasteiger partial charge in [-0.25, -0.2) is 9.18 Å². The highest BCUT2D eigenvalue weighted by Gasteiger charge is 2.41. The van der Waals surface area contributed by atoms with E-state index in [-0.39, 0.29) is 23.8 Å². The van der Waals surface area contributed by atoms with Gasteiger partial charge in [0.15, 0.2) is 0 Å². The molecule has 2 saturated heterocycles. The molecule has 1 N–H and O–H groups in total. The van der Waals surface area contributed by atoms with E-state index >= 15 is 0 Å². The van der Waals surface area contributed by atoms with Crippen molar-refractivity contribution in [1.82, 2.24) is 14.7 Å². The fraction of sp³-hybridized carbons (Fsp3) is 0.429. The third-order valence-corrected chi connectivity index (χ3v) is 6.63. The van der Waals surface area contributed by atoms with E-state index in [0.29, 0.717) is 16.3 Å². The minimum atomic E-state index is -0.640. The Kier molecular flexibility index (Phi) is 8.21. The molecule has 0 aliphatic carbocycles. The first-order valence-electron chi connectivity index (χ1n) is 12.4. The standard InChI is InChI=1S/C28H34ClFN4O3/c1-28(2,3)37-27(36)31-25-13-21(29)9-7-20(25)8-12-26(35)34-23-15-32(4)16-24(34)18-33(17-23)14-19-5-10-22(30)11-6-19/h5-13,23-24H,14-18H2,1-4H3,(H,31,36)/b12-8+. The molecule has 37 heavy (non-hydrogen) atoms. The van der Waals surface area contributed by atoms with E-state index in [2.05, 4.69) is 22.2 Å². The van der Waals surface area contributed by atoms with E-state index in [9.17, 15) is 14.0 Å². The molecular weight excluding hydrogens is 495 g/mol. The second-order valence-corrected chi connectivity index (χ2v) is 11.2. The molecule has 2 aromatic rings. The van der Waals surface area contributed by atoms with Crippen molar-refractivity contribution in [2.45, 2.75) is 45.0 Å². The molecule has 2 amide bonds.